The molecule has 0 aliphatic carbocycles. The van der Waals surface area contributed by atoms with Gasteiger partial charge in [0.05, 0.1) is 5.92 Å². The molecular formula is C8H8F9I. The van der Waals surface area contributed by atoms with Gasteiger partial charge in [-0.3, -0.25) is 0 Å². The average molecular weight is 402 g/mol. The summed E-state index contributed by atoms with van der Waals surface area (Å²) in [6, 6.07) is 0. The fraction of sp³-hybridized carbons (Fsp3) is 1.00. The molecule has 110 valence electrons. The second-order valence-electron chi connectivity index (χ2n) is 3.96. The van der Waals surface area contributed by atoms with Crippen molar-refractivity contribution in [1.82, 2.24) is 0 Å². The Hall–Kier alpha value is 0.100. The van der Waals surface area contributed by atoms with Crippen molar-refractivity contribution in [3.8, 4) is 0 Å². The van der Waals surface area contributed by atoms with Gasteiger partial charge in [-0.25, -0.2) is 4.39 Å². The zero-order valence-corrected chi connectivity index (χ0v) is 10.9. The summed E-state index contributed by atoms with van der Waals surface area (Å²) < 4.78 is 107. The maximum absolute atomic E-state index is 13.1. The Bertz CT molecular complexity index is 272. The van der Waals surface area contributed by atoms with Crippen molar-refractivity contribution < 1.29 is 39.5 Å². The zero-order chi connectivity index (χ0) is 15.0. The molecule has 0 aromatic carbocycles. The summed E-state index contributed by atoms with van der Waals surface area (Å²) in [5.74, 6) is -3.07. The number of hydrogen-bond acceptors (Lipinski definition) is 0. The standard InChI is InChI=1S/C8H8F9I/c1-5(9,8(15,16)17)2-4(7(12,13)14)3-6(10,11)18/h4H,2-3H2,1H3. The van der Waals surface area contributed by atoms with Crippen LogP contribution in [0, 0.1) is 5.92 Å². The number of hydrogen-bond donors (Lipinski definition) is 0. The monoisotopic (exact) mass is 402 g/mol. The van der Waals surface area contributed by atoms with Crippen LogP contribution in [0.2, 0.25) is 0 Å². The van der Waals surface area contributed by atoms with Crippen LogP contribution in [0.25, 0.3) is 0 Å². The van der Waals surface area contributed by atoms with Gasteiger partial charge >= 0.3 is 12.4 Å². The molecule has 0 saturated carbocycles. The third-order valence-electron chi connectivity index (χ3n) is 2.16. The van der Waals surface area contributed by atoms with E-state index in [0.717, 1.165) is 0 Å². The van der Waals surface area contributed by atoms with Gasteiger partial charge in [0.1, 0.15) is 0 Å². The molecule has 0 aliphatic heterocycles. The van der Waals surface area contributed by atoms with E-state index in [1.807, 2.05) is 0 Å². The molecule has 2 atom stereocenters. The van der Waals surface area contributed by atoms with Gasteiger partial charge < -0.3 is 0 Å². The van der Waals surface area contributed by atoms with Gasteiger partial charge in [0.25, 0.3) is 3.93 Å². The Balaban J connectivity index is 5.05. The highest BCUT2D eigenvalue weighted by atomic mass is 127. The third-order valence-corrected chi connectivity index (χ3v) is 2.60. The summed E-state index contributed by atoms with van der Waals surface area (Å²) in [5, 5.41) is 0. The maximum Gasteiger partial charge on any atom is 0.422 e. The van der Waals surface area contributed by atoms with E-state index >= 15 is 0 Å². The molecule has 0 aromatic heterocycles. The highest BCUT2D eigenvalue weighted by molar-refractivity contribution is 14.1. The average Bonchev–Trinajstić information content (AvgIpc) is 1.95. The van der Waals surface area contributed by atoms with Crippen LogP contribution in [-0.2, 0) is 0 Å². The van der Waals surface area contributed by atoms with Crippen molar-refractivity contribution in [2.45, 2.75) is 41.7 Å². The van der Waals surface area contributed by atoms with Gasteiger partial charge in [0.2, 0.25) is 5.67 Å². The molecule has 0 rings (SSSR count). The maximum atomic E-state index is 13.1. The first-order valence-electron chi connectivity index (χ1n) is 4.45. The predicted molar refractivity (Wildman–Crippen MR) is 53.3 cm³/mol. The molecule has 0 N–H and O–H groups in total. The van der Waals surface area contributed by atoms with E-state index in [4.69, 9.17) is 0 Å². The van der Waals surface area contributed by atoms with Crippen molar-refractivity contribution in [3.63, 3.8) is 0 Å². The van der Waals surface area contributed by atoms with Crippen molar-refractivity contribution in [2.75, 3.05) is 0 Å². The highest BCUT2D eigenvalue weighted by Crippen LogP contribution is 2.46. The van der Waals surface area contributed by atoms with Crippen LogP contribution in [0.1, 0.15) is 19.8 Å². The molecule has 0 amide bonds. The minimum atomic E-state index is -5.54. The molecule has 0 saturated heterocycles. The first-order valence-corrected chi connectivity index (χ1v) is 5.53. The topological polar surface area (TPSA) is 0 Å². The second-order valence-corrected chi connectivity index (χ2v) is 5.54. The minimum absolute atomic E-state index is 0.100. The van der Waals surface area contributed by atoms with Gasteiger partial charge in [-0.15, -0.1) is 0 Å². The summed E-state index contributed by atoms with van der Waals surface area (Å²) in [6.45, 7) is -0.100. The molecule has 0 aromatic rings. The van der Waals surface area contributed by atoms with E-state index in [2.05, 4.69) is 0 Å². The van der Waals surface area contributed by atoms with Gasteiger partial charge in [-0.2, -0.15) is 35.1 Å². The third kappa shape index (κ3) is 5.83. The quantitative estimate of drug-likeness (QED) is 0.342. The first-order chi connectivity index (χ1) is 7.56. The van der Waals surface area contributed by atoms with Crippen molar-refractivity contribution >= 4 is 22.6 Å². The lowest BCUT2D eigenvalue weighted by atomic mass is 9.90. The smallest absolute Gasteiger partial charge is 0.234 e. The predicted octanol–water partition coefficient (Wildman–Crippen LogP) is 5.26. The summed E-state index contributed by atoms with van der Waals surface area (Å²) >= 11 is 0.367. The summed E-state index contributed by atoms with van der Waals surface area (Å²) in [5.41, 5.74) is -4.17. The second kappa shape index (κ2) is 5.23. The largest absolute Gasteiger partial charge is 0.422 e. The van der Waals surface area contributed by atoms with Crippen LogP contribution < -0.4 is 0 Å². The SMILES string of the molecule is CC(F)(CC(CC(F)(F)I)C(F)(F)F)C(F)(F)F. The van der Waals surface area contributed by atoms with Gasteiger partial charge in [0, 0.05) is 12.8 Å². The van der Waals surface area contributed by atoms with E-state index in [0.29, 0.717) is 22.6 Å². The van der Waals surface area contributed by atoms with Crippen LogP contribution in [-0.4, -0.2) is 22.0 Å². The summed E-state index contributed by atoms with van der Waals surface area (Å²) in [6.07, 6.45) is -14.9. The molecule has 0 heterocycles. The molecule has 10 heteroatoms. The van der Waals surface area contributed by atoms with Crippen LogP contribution in [0.15, 0.2) is 0 Å². The van der Waals surface area contributed by atoms with Crippen LogP contribution in [0.4, 0.5) is 39.5 Å². The molecule has 18 heavy (non-hydrogen) atoms. The molecule has 0 radical (unpaired) electrons. The Kier molecular flexibility index (Phi) is 5.26. The van der Waals surface area contributed by atoms with Crippen molar-refractivity contribution in [3.05, 3.63) is 0 Å². The molecule has 0 spiro atoms. The Morgan fingerprint density at radius 1 is 0.833 bits per heavy atom. The molecule has 0 nitrogen and oxygen atoms in total. The van der Waals surface area contributed by atoms with E-state index < -0.39 is 40.7 Å². The van der Waals surface area contributed by atoms with Gasteiger partial charge in [0.15, 0.2) is 0 Å². The number of alkyl halides is 10. The Morgan fingerprint density at radius 3 is 1.44 bits per heavy atom. The first kappa shape index (κ1) is 18.1. The Morgan fingerprint density at radius 2 is 1.22 bits per heavy atom. The van der Waals surface area contributed by atoms with E-state index in [1.54, 1.807) is 0 Å². The van der Waals surface area contributed by atoms with Gasteiger partial charge in [-0.1, -0.05) is 0 Å². The van der Waals surface area contributed by atoms with Gasteiger partial charge in [-0.05, 0) is 29.5 Å². The summed E-state index contributed by atoms with van der Waals surface area (Å²) in [7, 11) is 0. The zero-order valence-electron chi connectivity index (χ0n) is 8.77. The molecule has 0 bridgehead atoms. The number of halogens is 10. The molecule has 0 aliphatic rings. The lowest BCUT2D eigenvalue weighted by molar-refractivity contribution is -0.251. The Labute approximate surface area is 110 Å². The van der Waals surface area contributed by atoms with E-state index in [9.17, 15) is 39.5 Å². The lowest BCUT2D eigenvalue weighted by Gasteiger charge is -2.30. The van der Waals surface area contributed by atoms with Crippen LogP contribution in [0.3, 0.4) is 0 Å². The van der Waals surface area contributed by atoms with Crippen LogP contribution in [0.5, 0.6) is 0 Å². The fourth-order valence-corrected chi connectivity index (χ4v) is 1.69. The van der Waals surface area contributed by atoms with Crippen molar-refractivity contribution in [1.29, 1.82) is 0 Å². The normalized spacial score (nSPS) is 19.5. The van der Waals surface area contributed by atoms with Crippen LogP contribution >= 0.6 is 22.6 Å². The molecular weight excluding hydrogens is 394 g/mol. The van der Waals surface area contributed by atoms with E-state index in [1.165, 1.54) is 0 Å². The highest BCUT2D eigenvalue weighted by Gasteiger charge is 2.57. The number of rotatable bonds is 4. The van der Waals surface area contributed by atoms with Crippen molar-refractivity contribution in [2.24, 2.45) is 5.92 Å². The van der Waals surface area contributed by atoms with E-state index in [-0.39, 0.29) is 6.92 Å². The summed E-state index contributed by atoms with van der Waals surface area (Å²) in [4.78, 5) is 0. The molecule has 2 unspecified atom stereocenters. The minimum Gasteiger partial charge on any atom is -0.234 e. The fourth-order valence-electron chi connectivity index (χ4n) is 1.16. The molecule has 0 fully saturated rings. The lowest BCUT2D eigenvalue weighted by Crippen LogP contribution is -2.43.